The molecule has 0 fully saturated rings. The van der Waals surface area contributed by atoms with Crippen LogP contribution >= 0.6 is 11.6 Å². The summed E-state index contributed by atoms with van der Waals surface area (Å²) in [6.45, 7) is 3.74. The van der Waals surface area contributed by atoms with E-state index in [1.807, 2.05) is 38.1 Å². The summed E-state index contributed by atoms with van der Waals surface area (Å²) >= 11 is 6.03. The van der Waals surface area contributed by atoms with E-state index in [-0.39, 0.29) is 11.9 Å². The molecule has 1 unspecified atom stereocenters. The number of nitriles is 1. The zero-order chi connectivity index (χ0) is 18.7. The van der Waals surface area contributed by atoms with Crippen molar-refractivity contribution in [2.45, 2.75) is 19.9 Å². The zero-order valence-electron chi connectivity index (χ0n) is 14.4. The van der Waals surface area contributed by atoms with Gasteiger partial charge in [0.05, 0.1) is 40.8 Å². The number of hydrogen-bond acceptors (Lipinski definition) is 3. The minimum absolute atomic E-state index is 0.191. The summed E-state index contributed by atoms with van der Waals surface area (Å²) < 4.78 is 1.69. The number of amides is 1. The van der Waals surface area contributed by atoms with Crippen LogP contribution in [0.1, 0.15) is 40.1 Å². The number of nitrogens with zero attached hydrogens (tertiary/aromatic N) is 3. The van der Waals surface area contributed by atoms with Gasteiger partial charge in [-0.1, -0.05) is 29.8 Å². The van der Waals surface area contributed by atoms with Crippen LogP contribution in [0.4, 0.5) is 0 Å². The fourth-order valence-corrected chi connectivity index (χ4v) is 2.89. The molecule has 0 saturated heterocycles. The van der Waals surface area contributed by atoms with E-state index in [9.17, 15) is 4.79 Å². The third-order valence-electron chi connectivity index (χ3n) is 4.19. The molecule has 5 nitrogen and oxygen atoms in total. The molecule has 0 aliphatic carbocycles. The van der Waals surface area contributed by atoms with Crippen molar-refractivity contribution >= 4 is 17.5 Å². The molecule has 6 heteroatoms. The van der Waals surface area contributed by atoms with Gasteiger partial charge in [-0.05, 0) is 49.7 Å². The lowest BCUT2D eigenvalue weighted by molar-refractivity contribution is 0.0939. The molecule has 1 atom stereocenters. The van der Waals surface area contributed by atoms with Crippen molar-refractivity contribution in [3.63, 3.8) is 0 Å². The van der Waals surface area contributed by atoms with Crippen molar-refractivity contribution in [1.29, 1.82) is 5.26 Å². The van der Waals surface area contributed by atoms with Crippen LogP contribution in [0.2, 0.25) is 5.02 Å². The normalized spacial score (nSPS) is 11.6. The van der Waals surface area contributed by atoms with Gasteiger partial charge in [-0.15, -0.1) is 0 Å². The molecule has 1 aromatic heterocycles. The second kappa shape index (κ2) is 7.42. The molecule has 130 valence electrons. The van der Waals surface area contributed by atoms with Crippen LogP contribution in [0.5, 0.6) is 0 Å². The second-order valence-electron chi connectivity index (χ2n) is 5.96. The van der Waals surface area contributed by atoms with Crippen LogP contribution in [0.25, 0.3) is 5.69 Å². The Morgan fingerprint density at radius 2 is 2.00 bits per heavy atom. The van der Waals surface area contributed by atoms with Crippen molar-refractivity contribution in [3.05, 3.63) is 82.1 Å². The lowest BCUT2D eigenvalue weighted by atomic mass is 10.1. The van der Waals surface area contributed by atoms with Gasteiger partial charge in [0.2, 0.25) is 0 Å². The van der Waals surface area contributed by atoms with Crippen molar-refractivity contribution in [2.75, 3.05) is 0 Å². The highest BCUT2D eigenvalue weighted by Crippen LogP contribution is 2.19. The van der Waals surface area contributed by atoms with Gasteiger partial charge in [-0.25, -0.2) is 4.68 Å². The first-order valence-corrected chi connectivity index (χ1v) is 8.49. The Morgan fingerprint density at radius 1 is 1.27 bits per heavy atom. The molecule has 1 heterocycles. The van der Waals surface area contributed by atoms with Crippen molar-refractivity contribution in [2.24, 2.45) is 0 Å². The maximum absolute atomic E-state index is 12.6. The molecule has 1 N–H and O–H groups in total. The maximum Gasteiger partial charge on any atom is 0.255 e. The fraction of sp³-hybridized carbons (Fsp3) is 0.150. The first kappa shape index (κ1) is 17.7. The third-order valence-corrected chi connectivity index (χ3v) is 4.43. The third kappa shape index (κ3) is 3.61. The first-order valence-electron chi connectivity index (χ1n) is 8.11. The van der Waals surface area contributed by atoms with Crippen LogP contribution < -0.4 is 5.32 Å². The van der Waals surface area contributed by atoms with E-state index < -0.39 is 0 Å². The van der Waals surface area contributed by atoms with E-state index in [1.54, 1.807) is 35.1 Å². The Bertz CT molecular complexity index is 986. The first-order chi connectivity index (χ1) is 12.5. The van der Waals surface area contributed by atoms with Crippen LogP contribution in [0.15, 0.2) is 54.7 Å². The number of halogens is 1. The SMILES string of the molecule is Cc1c(C(=O)NC(C)c2ccc(C#N)cc2)cnn1-c1cccc(Cl)c1. The van der Waals surface area contributed by atoms with Gasteiger partial charge in [-0.2, -0.15) is 10.4 Å². The van der Waals surface area contributed by atoms with E-state index in [1.165, 1.54) is 0 Å². The van der Waals surface area contributed by atoms with Gasteiger partial charge in [-0.3, -0.25) is 4.79 Å². The minimum atomic E-state index is -0.201. The Hall–Kier alpha value is -3.10. The van der Waals surface area contributed by atoms with Crippen LogP contribution in [-0.2, 0) is 0 Å². The number of rotatable bonds is 4. The summed E-state index contributed by atoms with van der Waals surface area (Å²) in [4.78, 5) is 12.6. The van der Waals surface area contributed by atoms with Crippen LogP contribution in [0, 0.1) is 18.3 Å². The Labute approximate surface area is 156 Å². The molecule has 0 aliphatic heterocycles. The lowest BCUT2D eigenvalue weighted by Crippen LogP contribution is -2.27. The number of hydrogen-bond donors (Lipinski definition) is 1. The van der Waals surface area contributed by atoms with Crippen molar-refractivity contribution in [1.82, 2.24) is 15.1 Å². The quantitative estimate of drug-likeness (QED) is 0.754. The zero-order valence-corrected chi connectivity index (χ0v) is 15.2. The largest absolute Gasteiger partial charge is 0.345 e. The monoisotopic (exact) mass is 364 g/mol. The summed E-state index contributed by atoms with van der Waals surface area (Å²) in [5, 5.41) is 16.8. The molecule has 0 saturated carbocycles. The molecule has 0 aliphatic rings. The topological polar surface area (TPSA) is 70.7 Å². The summed E-state index contributed by atoms with van der Waals surface area (Å²) in [6.07, 6.45) is 1.55. The Morgan fingerprint density at radius 3 is 2.65 bits per heavy atom. The minimum Gasteiger partial charge on any atom is -0.345 e. The number of carbonyl (C=O) groups excluding carboxylic acids is 1. The van der Waals surface area contributed by atoms with Crippen molar-refractivity contribution in [3.8, 4) is 11.8 Å². The van der Waals surface area contributed by atoms with E-state index >= 15 is 0 Å². The fourth-order valence-electron chi connectivity index (χ4n) is 2.70. The van der Waals surface area contributed by atoms with Gasteiger partial charge in [0.1, 0.15) is 0 Å². The molecule has 0 spiro atoms. The van der Waals surface area contributed by atoms with E-state index in [4.69, 9.17) is 16.9 Å². The van der Waals surface area contributed by atoms with Gasteiger partial charge < -0.3 is 5.32 Å². The molecule has 0 radical (unpaired) electrons. The smallest absolute Gasteiger partial charge is 0.255 e. The van der Waals surface area contributed by atoms with Gasteiger partial charge in [0.15, 0.2) is 0 Å². The number of carbonyl (C=O) groups is 1. The lowest BCUT2D eigenvalue weighted by Gasteiger charge is -2.14. The number of nitrogens with one attached hydrogen (secondary N) is 1. The highest BCUT2D eigenvalue weighted by atomic mass is 35.5. The average molecular weight is 365 g/mol. The maximum atomic E-state index is 12.6. The molecule has 3 rings (SSSR count). The van der Waals surface area contributed by atoms with E-state index in [0.717, 1.165) is 16.9 Å². The Balaban J connectivity index is 1.79. The summed E-state index contributed by atoms with van der Waals surface area (Å²) in [5.74, 6) is -0.201. The summed E-state index contributed by atoms with van der Waals surface area (Å²) in [6, 6.07) is 16.3. The highest BCUT2D eigenvalue weighted by Gasteiger charge is 2.17. The number of aromatic nitrogens is 2. The molecule has 2 aromatic carbocycles. The summed E-state index contributed by atoms with van der Waals surface area (Å²) in [5.41, 5.74) is 3.56. The highest BCUT2D eigenvalue weighted by molar-refractivity contribution is 6.30. The van der Waals surface area contributed by atoms with Crippen LogP contribution in [0.3, 0.4) is 0 Å². The van der Waals surface area contributed by atoms with E-state index in [0.29, 0.717) is 16.1 Å². The molecule has 1 amide bonds. The predicted molar refractivity (Wildman–Crippen MR) is 100 cm³/mol. The van der Waals surface area contributed by atoms with Gasteiger partial charge in [0, 0.05) is 5.02 Å². The number of benzene rings is 2. The summed E-state index contributed by atoms with van der Waals surface area (Å²) in [7, 11) is 0. The molecular formula is C20H17ClN4O. The second-order valence-corrected chi connectivity index (χ2v) is 6.40. The molecular weight excluding hydrogens is 348 g/mol. The predicted octanol–water partition coefficient (Wildman–Crippen LogP) is 4.20. The van der Waals surface area contributed by atoms with Gasteiger partial charge >= 0.3 is 0 Å². The average Bonchev–Trinajstić information content (AvgIpc) is 3.03. The van der Waals surface area contributed by atoms with E-state index in [2.05, 4.69) is 16.5 Å². The Kier molecular flexibility index (Phi) is 5.06. The van der Waals surface area contributed by atoms with Crippen molar-refractivity contribution < 1.29 is 4.79 Å². The molecule has 26 heavy (non-hydrogen) atoms. The molecule has 0 bridgehead atoms. The van der Waals surface area contributed by atoms with Gasteiger partial charge in [0.25, 0.3) is 5.91 Å². The van der Waals surface area contributed by atoms with Crippen LogP contribution in [-0.4, -0.2) is 15.7 Å². The standard InChI is InChI=1S/C20H17ClN4O/c1-13(16-8-6-15(11-22)7-9-16)24-20(26)19-12-23-25(14(19)2)18-5-3-4-17(21)10-18/h3-10,12-13H,1-2H3,(H,24,26). The molecule has 3 aromatic rings.